The van der Waals surface area contributed by atoms with E-state index in [0.29, 0.717) is 5.92 Å². The Morgan fingerprint density at radius 2 is 2.04 bits per heavy atom. The van der Waals surface area contributed by atoms with Gasteiger partial charge in [-0.1, -0.05) is 24.3 Å². The van der Waals surface area contributed by atoms with E-state index in [1.54, 1.807) is 0 Å². The summed E-state index contributed by atoms with van der Waals surface area (Å²) in [6, 6.07) is 8.74. The van der Waals surface area contributed by atoms with Gasteiger partial charge in [-0.15, -0.1) is 0 Å². The zero-order valence-electron chi connectivity index (χ0n) is 15.9. The van der Waals surface area contributed by atoms with Crippen molar-refractivity contribution in [2.24, 2.45) is 5.92 Å². The van der Waals surface area contributed by atoms with Crippen molar-refractivity contribution in [2.75, 3.05) is 39.3 Å². The van der Waals surface area contributed by atoms with Crippen LogP contribution < -0.4 is 5.32 Å². The number of aryl methyl sites for hydroxylation is 1. The number of carbonyl (C=O) groups excluding carboxylic acids is 1. The van der Waals surface area contributed by atoms with Crippen molar-refractivity contribution in [2.45, 2.75) is 44.8 Å². The lowest BCUT2D eigenvalue weighted by molar-refractivity contribution is -0.136. The smallest absolute Gasteiger partial charge is 0.317 e. The van der Waals surface area contributed by atoms with E-state index in [1.165, 1.54) is 11.1 Å². The van der Waals surface area contributed by atoms with Crippen LogP contribution >= 0.6 is 0 Å². The van der Waals surface area contributed by atoms with E-state index in [4.69, 9.17) is 4.74 Å². The topological polar surface area (TPSA) is 44.8 Å². The molecule has 3 aliphatic heterocycles. The zero-order chi connectivity index (χ0) is 18.0. The number of likely N-dealkylation sites (tertiary alicyclic amines) is 2. The van der Waals surface area contributed by atoms with Gasteiger partial charge in [0, 0.05) is 45.9 Å². The van der Waals surface area contributed by atoms with Crippen molar-refractivity contribution in [1.29, 1.82) is 0 Å². The molecule has 1 unspecified atom stereocenters. The standard InChI is InChI=1S/C21H31N3O2/c1-17-6-2-3-7-18(17)14-23-15-21(16-23)19(9-13-26-21)8-10-22-20(25)24-11-4-5-12-24/h2-3,6-7,19H,4-5,8-16H2,1H3,(H,22,25). The number of hydrogen-bond acceptors (Lipinski definition) is 3. The van der Waals surface area contributed by atoms with Crippen LogP contribution in [0.25, 0.3) is 0 Å². The monoisotopic (exact) mass is 357 g/mol. The van der Waals surface area contributed by atoms with E-state index in [0.717, 1.165) is 71.6 Å². The summed E-state index contributed by atoms with van der Waals surface area (Å²) < 4.78 is 6.18. The second-order valence-electron chi connectivity index (χ2n) is 8.19. The van der Waals surface area contributed by atoms with Gasteiger partial charge in [0.05, 0.1) is 5.60 Å². The lowest BCUT2D eigenvalue weighted by Crippen LogP contribution is -2.64. The van der Waals surface area contributed by atoms with Crippen molar-refractivity contribution >= 4 is 6.03 Å². The molecule has 0 aromatic heterocycles. The second kappa shape index (κ2) is 7.57. The molecule has 5 heteroatoms. The Morgan fingerprint density at radius 3 is 2.81 bits per heavy atom. The lowest BCUT2D eigenvalue weighted by Gasteiger charge is -2.50. The van der Waals surface area contributed by atoms with Crippen LogP contribution in [0.3, 0.4) is 0 Å². The summed E-state index contributed by atoms with van der Waals surface area (Å²) in [4.78, 5) is 16.6. The molecule has 142 valence electrons. The summed E-state index contributed by atoms with van der Waals surface area (Å²) in [5.74, 6) is 0.564. The molecule has 1 aromatic carbocycles. The van der Waals surface area contributed by atoms with E-state index in [1.807, 2.05) is 4.90 Å². The maximum absolute atomic E-state index is 12.1. The van der Waals surface area contributed by atoms with Crippen molar-refractivity contribution in [3.05, 3.63) is 35.4 Å². The molecule has 0 radical (unpaired) electrons. The Bertz CT molecular complexity index is 636. The van der Waals surface area contributed by atoms with E-state index in [9.17, 15) is 4.79 Å². The average molecular weight is 357 g/mol. The minimum Gasteiger partial charge on any atom is -0.372 e. The van der Waals surface area contributed by atoms with E-state index in [-0.39, 0.29) is 11.6 Å². The zero-order valence-corrected chi connectivity index (χ0v) is 15.9. The summed E-state index contributed by atoms with van der Waals surface area (Å²) in [5, 5.41) is 3.11. The van der Waals surface area contributed by atoms with Crippen LogP contribution in [0.5, 0.6) is 0 Å². The predicted molar refractivity (Wildman–Crippen MR) is 102 cm³/mol. The first-order chi connectivity index (χ1) is 12.7. The predicted octanol–water partition coefficient (Wildman–Crippen LogP) is 2.78. The van der Waals surface area contributed by atoms with Gasteiger partial charge in [0.15, 0.2) is 0 Å². The highest BCUT2D eigenvalue weighted by molar-refractivity contribution is 5.74. The molecular formula is C21H31N3O2. The quantitative estimate of drug-likeness (QED) is 0.881. The van der Waals surface area contributed by atoms with Gasteiger partial charge in [0.2, 0.25) is 0 Å². The summed E-state index contributed by atoms with van der Waals surface area (Å²) in [6.45, 7) is 8.69. The number of carbonyl (C=O) groups is 1. The van der Waals surface area contributed by atoms with Crippen molar-refractivity contribution in [3.63, 3.8) is 0 Å². The van der Waals surface area contributed by atoms with E-state index in [2.05, 4.69) is 41.4 Å². The molecule has 1 atom stereocenters. The number of nitrogens with zero attached hydrogens (tertiary/aromatic N) is 2. The minimum absolute atomic E-state index is 0.0288. The van der Waals surface area contributed by atoms with Gasteiger partial charge in [0.25, 0.3) is 0 Å². The summed E-state index contributed by atoms with van der Waals surface area (Å²) >= 11 is 0. The maximum Gasteiger partial charge on any atom is 0.317 e. The molecule has 3 aliphatic rings. The number of benzene rings is 1. The molecule has 3 heterocycles. The van der Waals surface area contributed by atoms with Gasteiger partial charge in [-0.3, -0.25) is 4.90 Å². The Hall–Kier alpha value is -1.59. The molecule has 2 amide bonds. The van der Waals surface area contributed by atoms with Gasteiger partial charge in [-0.05, 0) is 49.7 Å². The van der Waals surface area contributed by atoms with Crippen molar-refractivity contribution in [1.82, 2.24) is 15.1 Å². The molecule has 1 spiro atoms. The van der Waals surface area contributed by atoms with Crippen LogP contribution in [0.4, 0.5) is 4.79 Å². The Labute approximate surface area is 156 Å². The van der Waals surface area contributed by atoms with Gasteiger partial charge in [-0.25, -0.2) is 4.79 Å². The first-order valence-electron chi connectivity index (χ1n) is 10.1. The molecule has 5 nitrogen and oxygen atoms in total. The number of hydrogen-bond donors (Lipinski definition) is 1. The van der Waals surface area contributed by atoms with Crippen molar-refractivity contribution in [3.8, 4) is 0 Å². The fourth-order valence-electron chi connectivity index (χ4n) is 4.78. The molecule has 26 heavy (non-hydrogen) atoms. The highest BCUT2D eigenvalue weighted by atomic mass is 16.5. The van der Waals surface area contributed by atoms with Gasteiger partial charge < -0.3 is 15.0 Å². The molecule has 3 saturated heterocycles. The first kappa shape index (κ1) is 17.8. The first-order valence-corrected chi connectivity index (χ1v) is 10.1. The normalized spacial score (nSPS) is 24.8. The highest BCUT2D eigenvalue weighted by Crippen LogP contribution is 2.42. The molecule has 0 bridgehead atoms. The second-order valence-corrected chi connectivity index (χ2v) is 8.19. The van der Waals surface area contributed by atoms with Crippen LogP contribution in [0.1, 0.15) is 36.8 Å². The molecule has 3 fully saturated rings. The molecule has 1 aromatic rings. The number of nitrogens with one attached hydrogen (secondary N) is 1. The average Bonchev–Trinajstić information content (AvgIpc) is 3.26. The Balaban J connectivity index is 1.24. The molecular weight excluding hydrogens is 326 g/mol. The Kier molecular flexibility index (Phi) is 5.18. The lowest BCUT2D eigenvalue weighted by atomic mass is 9.78. The fourth-order valence-corrected chi connectivity index (χ4v) is 4.78. The van der Waals surface area contributed by atoms with Crippen LogP contribution in [0.2, 0.25) is 0 Å². The SMILES string of the molecule is Cc1ccccc1CN1CC2(C1)OCCC2CCNC(=O)N1CCCC1. The third kappa shape index (κ3) is 3.60. The Morgan fingerprint density at radius 1 is 1.27 bits per heavy atom. The summed E-state index contributed by atoms with van der Waals surface area (Å²) in [7, 11) is 0. The van der Waals surface area contributed by atoms with Crippen LogP contribution in [-0.2, 0) is 11.3 Å². The van der Waals surface area contributed by atoms with Crippen LogP contribution in [-0.4, -0.2) is 60.8 Å². The molecule has 4 rings (SSSR count). The van der Waals surface area contributed by atoms with Crippen LogP contribution in [0, 0.1) is 12.8 Å². The molecule has 1 N–H and O–H groups in total. The largest absolute Gasteiger partial charge is 0.372 e. The van der Waals surface area contributed by atoms with E-state index >= 15 is 0 Å². The van der Waals surface area contributed by atoms with Gasteiger partial charge in [-0.2, -0.15) is 0 Å². The highest BCUT2D eigenvalue weighted by Gasteiger charge is 2.52. The maximum atomic E-state index is 12.1. The summed E-state index contributed by atoms with van der Waals surface area (Å²) in [6.07, 6.45) is 4.43. The number of ether oxygens (including phenoxy) is 1. The summed E-state index contributed by atoms with van der Waals surface area (Å²) in [5.41, 5.74) is 2.80. The number of amides is 2. The third-order valence-electron chi connectivity index (χ3n) is 6.40. The molecule has 0 aliphatic carbocycles. The van der Waals surface area contributed by atoms with Gasteiger partial charge in [0.1, 0.15) is 0 Å². The van der Waals surface area contributed by atoms with Crippen molar-refractivity contribution < 1.29 is 9.53 Å². The molecule has 0 saturated carbocycles. The van der Waals surface area contributed by atoms with Gasteiger partial charge >= 0.3 is 6.03 Å². The minimum atomic E-state index is 0.0288. The number of urea groups is 1. The third-order valence-corrected chi connectivity index (χ3v) is 6.40. The van der Waals surface area contributed by atoms with E-state index < -0.39 is 0 Å². The van der Waals surface area contributed by atoms with Crippen LogP contribution in [0.15, 0.2) is 24.3 Å². The fraction of sp³-hybridized carbons (Fsp3) is 0.667. The number of rotatable bonds is 5.